The molecule has 4 nitrogen and oxygen atoms in total. The molecular weight excluding hydrogens is 394 g/mol. The molecule has 1 amide bonds. The average molecular weight is 428 g/mol. The fraction of sp³-hybridized carbons (Fsp3) is 0.429. The van der Waals surface area contributed by atoms with Crippen molar-refractivity contribution in [2.45, 2.75) is 44.4 Å². The second-order valence-electron chi connectivity index (χ2n) is 9.41. The van der Waals surface area contributed by atoms with E-state index in [9.17, 15) is 4.79 Å². The number of hydrogen-bond acceptors (Lipinski definition) is 3. The highest BCUT2D eigenvalue weighted by atomic mass is 16.2. The SMILES string of the molecule is O=C(C1CCCCC1)N(CCN1CCC(c2ccc3ccccc3c2)C1)c1ccccn1. The number of anilines is 1. The van der Waals surface area contributed by atoms with Gasteiger partial charge in [-0.2, -0.15) is 0 Å². The molecule has 0 spiro atoms. The fourth-order valence-corrected chi connectivity index (χ4v) is 5.43. The molecule has 5 rings (SSSR count). The summed E-state index contributed by atoms with van der Waals surface area (Å²) in [6, 6.07) is 21.4. The summed E-state index contributed by atoms with van der Waals surface area (Å²) in [4.78, 5) is 22.4. The van der Waals surface area contributed by atoms with Gasteiger partial charge < -0.3 is 4.90 Å². The topological polar surface area (TPSA) is 36.4 Å². The fourth-order valence-electron chi connectivity index (χ4n) is 5.43. The smallest absolute Gasteiger partial charge is 0.231 e. The van der Waals surface area contributed by atoms with Gasteiger partial charge in [0.1, 0.15) is 5.82 Å². The molecule has 1 unspecified atom stereocenters. The molecule has 3 aromatic rings. The van der Waals surface area contributed by atoms with Crippen molar-refractivity contribution in [2.24, 2.45) is 5.92 Å². The summed E-state index contributed by atoms with van der Waals surface area (Å²) in [5.74, 6) is 1.80. The minimum Gasteiger partial charge on any atom is -0.301 e. The molecule has 1 aliphatic carbocycles. The molecule has 2 heterocycles. The van der Waals surface area contributed by atoms with E-state index in [1.54, 1.807) is 6.20 Å². The quantitative estimate of drug-likeness (QED) is 0.511. The maximum absolute atomic E-state index is 13.4. The van der Waals surface area contributed by atoms with Gasteiger partial charge in [0.15, 0.2) is 0 Å². The van der Waals surface area contributed by atoms with Gasteiger partial charge in [-0.25, -0.2) is 4.98 Å². The lowest BCUT2D eigenvalue weighted by atomic mass is 9.88. The molecule has 2 aliphatic rings. The number of carbonyl (C=O) groups is 1. The van der Waals surface area contributed by atoms with Gasteiger partial charge in [-0.05, 0) is 60.2 Å². The predicted octanol–water partition coefficient (Wildman–Crippen LogP) is 5.64. The molecule has 0 radical (unpaired) electrons. The minimum atomic E-state index is 0.162. The molecule has 166 valence electrons. The van der Waals surface area contributed by atoms with E-state index in [0.717, 1.165) is 44.8 Å². The van der Waals surface area contributed by atoms with Crippen LogP contribution in [0.3, 0.4) is 0 Å². The lowest BCUT2D eigenvalue weighted by Crippen LogP contribution is -2.42. The van der Waals surface area contributed by atoms with Crippen LogP contribution in [0.1, 0.15) is 50.0 Å². The first kappa shape index (κ1) is 21.1. The molecule has 1 aliphatic heterocycles. The van der Waals surface area contributed by atoms with Crippen LogP contribution in [0.5, 0.6) is 0 Å². The lowest BCUT2D eigenvalue weighted by Gasteiger charge is -2.30. The number of nitrogens with zero attached hydrogens (tertiary/aromatic N) is 3. The van der Waals surface area contributed by atoms with Crippen LogP contribution < -0.4 is 4.90 Å². The highest BCUT2D eigenvalue weighted by molar-refractivity contribution is 5.94. The van der Waals surface area contributed by atoms with E-state index in [1.807, 2.05) is 23.1 Å². The van der Waals surface area contributed by atoms with Crippen molar-refractivity contribution in [1.82, 2.24) is 9.88 Å². The zero-order valence-electron chi connectivity index (χ0n) is 18.8. The number of carbonyl (C=O) groups excluding carboxylic acids is 1. The summed E-state index contributed by atoms with van der Waals surface area (Å²) in [5, 5.41) is 2.63. The highest BCUT2D eigenvalue weighted by Gasteiger charge is 2.29. The summed E-state index contributed by atoms with van der Waals surface area (Å²) in [7, 11) is 0. The largest absolute Gasteiger partial charge is 0.301 e. The van der Waals surface area contributed by atoms with E-state index in [4.69, 9.17) is 0 Å². The number of aromatic nitrogens is 1. The number of benzene rings is 2. The Kier molecular flexibility index (Phi) is 6.49. The third-order valence-electron chi connectivity index (χ3n) is 7.30. The van der Waals surface area contributed by atoms with Crippen molar-refractivity contribution in [3.63, 3.8) is 0 Å². The van der Waals surface area contributed by atoms with Gasteiger partial charge in [0.05, 0.1) is 0 Å². The second kappa shape index (κ2) is 9.83. The van der Waals surface area contributed by atoms with Crippen LogP contribution in [0, 0.1) is 5.92 Å². The van der Waals surface area contributed by atoms with E-state index < -0.39 is 0 Å². The van der Waals surface area contributed by atoms with Crippen molar-refractivity contribution in [1.29, 1.82) is 0 Å². The van der Waals surface area contributed by atoms with E-state index in [-0.39, 0.29) is 11.8 Å². The van der Waals surface area contributed by atoms with Gasteiger partial charge >= 0.3 is 0 Å². The summed E-state index contributed by atoms with van der Waals surface area (Å²) in [6.07, 6.45) is 8.63. The van der Waals surface area contributed by atoms with Gasteiger partial charge in [0, 0.05) is 31.7 Å². The minimum absolute atomic E-state index is 0.162. The molecule has 0 bridgehead atoms. The Bertz CT molecular complexity index is 1040. The number of hydrogen-bond donors (Lipinski definition) is 0. The Morgan fingerprint density at radius 1 is 0.938 bits per heavy atom. The molecule has 1 atom stereocenters. The van der Waals surface area contributed by atoms with Crippen molar-refractivity contribution < 1.29 is 4.79 Å². The number of fused-ring (bicyclic) bond motifs is 1. The normalized spacial score (nSPS) is 19.9. The molecule has 4 heteroatoms. The Balaban J connectivity index is 1.24. The van der Waals surface area contributed by atoms with Crippen LogP contribution in [0.4, 0.5) is 5.82 Å². The van der Waals surface area contributed by atoms with E-state index in [1.165, 1.54) is 42.0 Å². The molecule has 2 fully saturated rings. The van der Waals surface area contributed by atoms with E-state index >= 15 is 0 Å². The molecule has 1 aromatic heterocycles. The summed E-state index contributed by atoms with van der Waals surface area (Å²) < 4.78 is 0. The van der Waals surface area contributed by atoms with Crippen LogP contribution in [-0.2, 0) is 4.79 Å². The lowest BCUT2D eigenvalue weighted by molar-refractivity contribution is -0.123. The maximum Gasteiger partial charge on any atom is 0.231 e. The third-order valence-corrected chi connectivity index (χ3v) is 7.30. The van der Waals surface area contributed by atoms with Crippen LogP contribution in [-0.4, -0.2) is 42.0 Å². The molecule has 32 heavy (non-hydrogen) atoms. The zero-order chi connectivity index (χ0) is 21.8. The van der Waals surface area contributed by atoms with Crippen molar-refractivity contribution >= 4 is 22.5 Å². The molecule has 1 saturated carbocycles. The van der Waals surface area contributed by atoms with Gasteiger partial charge in [0.25, 0.3) is 0 Å². The van der Waals surface area contributed by atoms with Gasteiger partial charge in [0.2, 0.25) is 5.91 Å². The summed E-state index contributed by atoms with van der Waals surface area (Å²) >= 11 is 0. The molecular formula is C28H33N3O. The first-order valence-electron chi connectivity index (χ1n) is 12.2. The first-order valence-corrected chi connectivity index (χ1v) is 12.2. The van der Waals surface area contributed by atoms with Crippen LogP contribution in [0.25, 0.3) is 10.8 Å². The Labute approximate surface area is 191 Å². The molecule has 1 saturated heterocycles. The van der Waals surface area contributed by atoms with Crippen molar-refractivity contribution in [2.75, 3.05) is 31.1 Å². The number of likely N-dealkylation sites (tertiary alicyclic amines) is 1. The van der Waals surface area contributed by atoms with Gasteiger partial charge in [-0.15, -0.1) is 0 Å². The number of rotatable bonds is 6. The van der Waals surface area contributed by atoms with Crippen LogP contribution in [0.2, 0.25) is 0 Å². The van der Waals surface area contributed by atoms with E-state index in [2.05, 4.69) is 52.3 Å². The number of pyridine rings is 1. The van der Waals surface area contributed by atoms with Crippen molar-refractivity contribution in [3.05, 3.63) is 72.4 Å². The van der Waals surface area contributed by atoms with Crippen LogP contribution >= 0.6 is 0 Å². The second-order valence-corrected chi connectivity index (χ2v) is 9.41. The van der Waals surface area contributed by atoms with Gasteiger partial charge in [-0.1, -0.05) is 67.8 Å². The van der Waals surface area contributed by atoms with E-state index in [0.29, 0.717) is 5.92 Å². The average Bonchev–Trinajstić information content (AvgIpc) is 3.34. The maximum atomic E-state index is 13.4. The van der Waals surface area contributed by atoms with Crippen molar-refractivity contribution in [3.8, 4) is 0 Å². The Hall–Kier alpha value is -2.72. The van der Waals surface area contributed by atoms with Crippen LogP contribution in [0.15, 0.2) is 66.9 Å². The standard InChI is InChI=1S/C28H33N3O/c32-28(23-9-2-1-3-10-23)31(27-12-6-7-16-29-27)19-18-30-17-15-26(21-30)25-14-13-22-8-4-5-11-24(22)20-25/h4-8,11-14,16,20,23,26H,1-3,9-10,15,17-19,21H2. The monoisotopic (exact) mass is 427 g/mol. The Morgan fingerprint density at radius 3 is 2.56 bits per heavy atom. The zero-order valence-corrected chi connectivity index (χ0v) is 18.8. The van der Waals surface area contributed by atoms with Gasteiger partial charge in [-0.3, -0.25) is 9.69 Å². The summed E-state index contributed by atoms with van der Waals surface area (Å²) in [6.45, 7) is 3.77. The Morgan fingerprint density at radius 2 is 1.75 bits per heavy atom. The summed E-state index contributed by atoms with van der Waals surface area (Å²) in [5.41, 5.74) is 1.44. The molecule has 0 N–H and O–H groups in total. The number of amides is 1. The first-order chi connectivity index (χ1) is 15.8. The molecule has 2 aromatic carbocycles. The predicted molar refractivity (Wildman–Crippen MR) is 131 cm³/mol. The highest BCUT2D eigenvalue weighted by Crippen LogP contribution is 2.30. The third kappa shape index (κ3) is 4.71.